The summed E-state index contributed by atoms with van der Waals surface area (Å²) in [6.45, 7) is 0. The van der Waals surface area contributed by atoms with Crippen molar-refractivity contribution in [3.05, 3.63) is 66.9 Å². The van der Waals surface area contributed by atoms with Crippen molar-refractivity contribution in [3.63, 3.8) is 0 Å². The lowest BCUT2D eigenvalue weighted by Gasteiger charge is -2.10. The summed E-state index contributed by atoms with van der Waals surface area (Å²) >= 11 is 0. The lowest BCUT2D eigenvalue weighted by atomic mass is 9.97. The van der Waals surface area contributed by atoms with Crippen molar-refractivity contribution in [2.45, 2.75) is 0 Å². The van der Waals surface area contributed by atoms with Crippen LogP contribution in [0, 0.1) is 0 Å². The van der Waals surface area contributed by atoms with E-state index in [1.807, 2.05) is 24.3 Å². The first kappa shape index (κ1) is 12.2. The standard InChI is InChI=1S/C16H11N3O/c20-11-14-5-8-19-16(13-4-2-7-18-10-13)15(14)12-3-1-6-17-9-12/h1-11H. The minimum Gasteiger partial charge on any atom is -0.298 e. The van der Waals surface area contributed by atoms with Gasteiger partial charge in [-0.3, -0.25) is 19.7 Å². The maximum atomic E-state index is 11.3. The van der Waals surface area contributed by atoms with Crippen LogP contribution in [-0.4, -0.2) is 21.2 Å². The smallest absolute Gasteiger partial charge is 0.150 e. The highest BCUT2D eigenvalue weighted by atomic mass is 16.1. The highest BCUT2D eigenvalue weighted by Gasteiger charge is 2.13. The molecule has 0 spiro atoms. The minimum absolute atomic E-state index is 0.590. The predicted octanol–water partition coefficient (Wildman–Crippen LogP) is 3.02. The Hall–Kier alpha value is -2.88. The molecule has 0 aliphatic carbocycles. The van der Waals surface area contributed by atoms with Crippen LogP contribution in [0.3, 0.4) is 0 Å². The molecule has 3 heterocycles. The van der Waals surface area contributed by atoms with Crippen molar-refractivity contribution >= 4 is 6.29 Å². The zero-order valence-electron chi connectivity index (χ0n) is 10.6. The van der Waals surface area contributed by atoms with Gasteiger partial charge in [0, 0.05) is 53.2 Å². The van der Waals surface area contributed by atoms with E-state index in [-0.39, 0.29) is 0 Å². The summed E-state index contributed by atoms with van der Waals surface area (Å²) in [5, 5.41) is 0. The second kappa shape index (κ2) is 5.40. The van der Waals surface area contributed by atoms with Crippen molar-refractivity contribution in [2.75, 3.05) is 0 Å². The second-order valence-corrected chi connectivity index (χ2v) is 4.23. The minimum atomic E-state index is 0.590. The van der Waals surface area contributed by atoms with Crippen molar-refractivity contribution in [1.82, 2.24) is 15.0 Å². The molecule has 3 rings (SSSR count). The Labute approximate surface area is 116 Å². The summed E-state index contributed by atoms with van der Waals surface area (Å²) in [5.41, 5.74) is 3.84. The number of carbonyl (C=O) groups is 1. The Bertz CT molecular complexity index is 727. The molecule has 0 radical (unpaired) electrons. The van der Waals surface area contributed by atoms with Gasteiger partial charge in [-0.15, -0.1) is 0 Å². The van der Waals surface area contributed by atoms with E-state index in [2.05, 4.69) is 15.0 Å². The Morgan fingerprint density at radius 1 is 0.850 bits per heavy atom. The highest BCUT2D eigenvalue weighted by molar-refractivity contribution is 5.93. The first-order valence-electron chi connectivity index (χ1n) is 6.15. The number of aromatic nitrogens is 3. The summed E-state index contributed by atoms with van der Waals surface area (Å²) in [7, 11) is 0. The van der Waals surface area contributed by atoms with Crippen LogP contribution in [0.15, 0.2) is 61.3 Å². The number of nitrogens with zero attached hydrogens (tertiary/aromatic N) is 3. The Morgan fingerprint density at radius 2 is 1.55 bits per heavy atom. The molecule has 96 valence electrons. The van der Waals surface area contributed by atoms with Gasteiger partial charge in [0.15, 0.2) is 6.29 Å². The van der Waals surface area contributed by atoms with E-state index in [1.165, 1.54) is 0 Å². The second-order valence-electron chi connectivity index (χ2n) is 4.23. The maximum Gasteiger partial charge on any atom is 0.150 e. The summed E-state index contributed by atoms with van der Waals surface area (Å²) in [5.74, 6) is 0. The largest absolute Gasteiger partial charge is 0.298 e. The average Bonchev–Trinajstić information content (AvgIpc) is 2.55. The van der Waals surface area contributed by atoms with Crippen LogP contribution in [-0.2, 0) is 0 Å². The van der Waals surface area contributed by atoms with Gasteiger partial charge in [-0.2, -0.15) is 0 Å². The molecule has 0 saturated heterocycles. The molecule has 4 heteroatoms. The zero-order chi connectivity index (χ0) is 13.8. The number of aldehydes is 1. The fourth-order valence-corrected chi connectivity index (χ4v) is 2.11. The molecule has 3 aromatic rings. The molecule has 0 saturated carbocycles. The zero-order valence-corrected chi connectivity index (χ0v) is 10.6. The average molecular weight is 261 g/mol. The van der Waals surface area contributed by atoms with Gasteiger partial charge in [-0.1, -0.05) is 6.07 Å². The normalized spacial score (nSPS) is 10.2. The van der Waals surface area contributed by atoms with Gasteiger partial charge in [0.25, 0.3) is 0 Å². The van der Waals surface area contributed by atoms with Gasteiger partial charge in [0.2, 0.25) is 0 Å². The molecule has 0 amide bonds. The van der Waals surface area contributed by atoms with Gasteiger partial charge in [-0.05, 0) is 24.3 Å². The predicted molar refractivity (Wildman–Crippen MR) is 76.1 cm³/mol. The van der Waals surface area contributed by atoms with Crippen molar-refractivity contribution in [1.29, 1.82) is 0 Å². The van der Waals surface area contributed by atoms with Crippen LogP contribution in [0.4, 0.5) is 0 Å². The monoisotopic (exact) mass is 261 g/mol. The number of rotatable bonds is 3. The fourth-order valence-electron chi connectivity index (χ4n) is 2.11. The van der Waals surface area contributed by atoms with Crippen molar-refractivity contribution in [2.24, 2.45) is 0 Å². The fraction of sp³-hybridized carbons (Fsp3) is 0. The first-order chi connectivity index (χ1) is 9.90. The third kappa shape index (κ3) is 2.19. The van der Waals surface area contributed by atoms with Crippen molar-refractivity contribution < 1.29 is 4.79 Å². The van der Waals surface area contributed by atoms with Crippen molar-refractivity contribution in [3.8, 4) is 22.4 Å². The summed E-state index contributed by atoms with van der Waals surface area (Å²) in [6.07, 6.45) is 9.33. The van der Waals surface area contributed by atoms with Gasteiger partial charge in [0.1, 0.15) is 0 Å². The topological polar surface area (TPSA) is 55.7 Å². The van der Waals surface area contributed by atoms with Crippen LogP contribution < -0.4 is 0 Å². The number of carbonyl (C=O) groups excluding carboxylic acids is 1. The molecule has 0 aliphatic heterocycles. The van der Waals surface area contributed by atoms with E-state index in [1.54, 1.807) is 37.1 Å². The quantitative estimate of drug-likeness (QED) is 0.680. The SMILES string of the molecule is O=Cc1ccnc(-c2cccnc2)c1-c1cccnc1. The Kier molecular flexibility index (Phi) is 3.29. The first-order valence-corrected chi connectivity index (χ1v) is 6.15. The molecule has 0 aromatic carbocycles. The van der Waals surface area contributed by atoms with Crippen LogP contribution in [0.5, 0.6) is 0 Å². The van der Waals surface area contributed by atoms with Gasteiger partial charge >= 0.3 is 0 Å². The summed E-state index contributed by atoms with van der Waals surface area (Å²) in [4.78, 5) is 23.9. The summed E-state index contributed by atoms with van der Waals surface area (Å²) < 4.78 is 0. The molecule has 3 aromatic heterocycles. The van der Waals surface area contributed by atoms with Gasteiger partial charge in [-0.25, -0.2) is 0 Å². The number of pyridine rings is 3. The third-order valence-corrected chi connectivity index (χ3v) is 3.00. The van der Waals surface area contributed by atoms with E-state index in [4.69, 9.17) is 0 Å². The summed E-state index contributed by atoms with van der Waals surface area (Å²) in [6, 6.07) is 9.22. The molecule has 0 atom stereocenters. The molecular weight excluding hydrogens is 250 g/mol. The van der Waals surface area contributed by atoms with E-state index in [0.29, 0.717) is 5.56 Å². The van der Waals surface area contributed by atoms with E-state index >= 15 is 0 Å². The Morgan fingerprint density at radius 3 is 2.15 bits per heavy atom. The molecule has 20 heavy (non-hydrogen) atoms. The maximum absolute atomic E-state index is 11.3. The third-order valence-electron chi connectivity index (χ3n) is 3.00. The molecule has 4 nitrogen and oxygen atoms in total. The molecule has 0 N–H and O–H groups in total. The van der Waals surface area contributed by atoms with Crippen LogP contribution in [0.1, 0.15) is 10.4 Å². The lowest BCUT2D eigenvalue weighted by molar-refractivity contribution is 0.112. The van der Waals surface area contributed by atoms with Gasteiger partial charge < -0.3 is 0 Å². The van der Waals surface area contributed by atoms with Gasteiger partial charge in [0.05, 0.1) is 5.69 Å². The Balaban J connectivity index is 2.29. The lowest BCUT2D eigenvalue weighted by Crippen LogP contribution is -1.95. The molecule has 0 fully saturated rings. The van der Waals surface area contributed by atoms with E-state index in [9.17, 15) is 4.79 Å². The molecular formula is C16H11N3O. The van der Waals surface area contributed by atoms with E-state index in [0.717, 1.165) is 28.7 Å². The van der Waals surface area contributed by atoms with E-state index < -0.39 is 0 Å². The van der Waals surface area contributed by atoms with Crippen LogP contribution >= 0.6 is 0 Å². The number of hydrogen-bond donors (Lipinski definition) is 0. The molecule has 0 aliphatic rings. The number of hydrogen-bond acceptors (Lipinski definition) is 4. The van der Waals surface area contributed by atoms with Crippen LogP contribution in [0.25, 0.3) is 22.4 Å². The highest BCUT2D eigenvalue weighted by Crippen LogP contribution is 2.31. The molecule has 0 unspecified atom stereocenters. The van der Waals surface area contributed by atoms with Crippen LogP contribution in [0.2, 0.25) is 0 Å². The molecule has 0 bridgehead atoms.